The summed E-state index contributed by atoms with van der Waals surface area (Å²) in [7, 11) is 0. The van der Waals surface area contributed by atoms with E-state index < -0.39 is 0 Å². The summed E-state index contributed by atoms with van der Waals surface area (Å²) < 4.78 is 0. The molecule has 0 saturated carbocycles. The number of hydrogen-bond donors (Lipinski definition) is 0. The van der Waals surface area contributed by atoms with Crippen molar-refractivity contribution in [3.8, 4) is 44.5 Å². The summed E-state index contributed by atoms with van der Waals surface area (Å²) >= 11 is 0. The quantitative estimate of drug-likeness (QED) is 0.141. The van der Waals surface area contributed by atoms with E-state index in [1.807, 2.05) is 0 Å². The van der Waals surface area contributed by atoms with Crippen LogP contribution in [0.15, 0.2) is 236 Å². The first-order chi connectivity index (χ1) is 28.3. The van der Waals surface area contributed by atoms with E-state index in [9.17, 15) is 0 Å². The van der Waals surface area contributed by atoms with Crippen LogP contribution in [0.3, 0.4) is 0 Å². The standard InChI is InChI=1S/C56H41N/c1-4-15-40(16-5-1)41-27-32-48(33-28-41)57(50-23-14-22-46(37-50)56-39-47-21-10-11-24-51(47)53-25-12-13-26-54(53)56)49-34-29-42(30-35-49)45-31-36-52(43-17-6-2-7-18-43)55(38-45)44-19-8-3-9-20-44/h1-21,23-39,46H,22H2. The van der Waals surface area contributed by atoms with Crippen LogP contribution in [0.2, 0.25) is 0 Å². The Hall–Kier alpha value is -7.22. The maximum Gasteiger partial charge on any atom is 0.0461 e. The lowest BCUT2D eigenvalue weighted by Crippen LogP contribution is -2.18. The molecule has 10 rings (SSSR count). The van der Waals surface area contributed by atoms with Crippen LogP contribution in [-0.2, 0) is 0 Å². The number of rotatable bonds is 8. The zero-order chi connectivity index (χ0) is 38.0. The van der Waals surface area contributed by atoms with Gasteiger partial charge in [0.25, 0.3) is 0 Å². The number of hydrogen-bond acceptors (Lipinski definition) is 1. The molecule has 57 heavy (non-hydrogen) atoms. The van der Waals surface area contributed by atoms with Crippen LogP contribution in [0, 0.1) is 0 Å². The highest BCUT2D eigenvalue weighted by atomic mass is 15.1. The second kappa shape index (κ2) is 15.1. The van der Waals surface area contributed by atoms with Gasteiger partial charge < -0.3 is 4.90 Å². The highest BCUT2D eigenvalue weighted by molar-refractivity contribution is 6.09. The highest BCUT2D eigenvalue weighted by Crippen LogP contribution is 2.41. The van der Waals surface area contributed by atoms with Crippen molar-refractivity contribution in [3.63, 3.8) is 0 Å². The minimum absolute atomic E-state index is 0.226. The van der Waals surface area contributed by atoms with Crippen LogP contribution in [0.5, 0.6) is 0 Å². The average molecular weight is 728 g/mol. The second-order valence-electron chi connectivity index (χ2n) is 14.9. The summed E-state index contributed by atoms with van der Waals surface area (Å²) in [5.74, 6) is 0.226. The van der Waals surface area contributed by atoms with Crippen molar-refractivity contribution in [3.05, 3.63) is 242 Å². The molecule has 9 aromatic rings. The van der Waals surface area contributed by atoms with Gasteiger partial charge in [0.05, 0.1) is 0 Å². The van der Waals surface area contributed by atoms with Crippen molar-refractivity contribution in [1.29, 1.82) is 0 Å². The first-order valence-electron chi connectivity index (χ1n) is 19.9. The van der Waals surface area contributed by atoms with Gasteiger partial charge in [-0.25, -0.2) is 0 Å². The van der Waals surface area contributed by atoms with Crippen molar-refractivity contribution in [2.45, 2.75) is 12.3 Å². The van der Waals surface area contributed by atoms with Gasteiger partial charge in [-0.15, -0.1) is 0 Å². The molecule has 270 valence electrons. The van der Waals surface area contributed by atoms with Gasteiger partial charge in [0, 0.05) is 23.0 Å². The molecular weight excluding hydrogens is 687 g/mol. The molecule has 1 atom stereocenters. The molecule has 1 aliphatic carbocycles. The van der Waals surface area contributed by atoms with Gasteiger partial charge in [-0.1, -0.05) is 188 Å². The second-order valence-corrected chi connectivity index (χ2v) is 14.9. The van der Waals surface area contributed by atoms with Gasteiger partial charge in [0.15, 0.2) is 0 Å². The van der Waals surface area contributed by atoms with E-state index in [0.717, 1.165) is 17.8 Å². The predicted octanol–water partition coefficient (Wildman–Crippen LogP) is 15.4. The molecule has 1 nitrogen and oxygen atoms in total. The molecule has 0 amide bonds. The number of anilines is 2. The van der Waals surface area contributed by atoms with Crippen molar-refractivity contribution < 1.29 is 0 Å². The molecule has 0 spiro atoms. The molecule has 0 bridgehead atoms. The minimum Gasteiger partial charge on any atom is -0.311 e. The van der Waals surface area contributed by atoms with E-state index in [2.05, 4.69) is 235 Å². The maximum atomic E-state index is 2.48. The van der Waals surface area contributed by atoms with Gasteiger partial charge in [0.1, 0.15) is 0 Å². The molecule has 0 radical (unpaired) electrons. The van der Waals surface area contributed by atoms with Crippen LogP contribution < -0.4 is 4.90 Å². The molecule has 1 unspecified atom stereocenters. The Morgan fingerprint density at radius 3 is 1.51 bits per heavy atom. The van der Waals surface area contributed by atoms with Gasteiger partial charge in [-0.3, -0.25) is 0 Å². The number of allylic oxidation sites excluding steroid dienone is 3. The van der Waals surface area contributed by atoms with Gasteiger partial charge in [-0.2, -0.15) is 0 Å². The van der Waals surface area contributed by atoms with Gasteiger partial charge in [0.2, 0.25) is 0 Å². The Bertz CT molecular complexity index is 2890. The third-order valence-corrected chi connectivity index (χ3v) is 11.4. The predicted molar refractivity (Wildman–Crippen MR) is 243 cm³/mol. The SMILES string of the molecule is C1=CC(N(c2ccc(-c3ccccc3)cc2)c2ccc(-c3ccc(-c4ccccc4)c(-c4ccccc4)c3)cc2)=CC(c2cc3ccccc3c3ccccc23)C1. The maximum absolute atomic E-state index is 2.48. The molecular formula is C56H41N. The summed E-state index contributed by atoms with van der Waals surface area (Å²) in [6, 6.07) is 77.1. The van der Waals surface area contributed by atoms with E-state index in [1.54, 1.807) is 0 Å². The Kier molecular flexibility index (Phi) is 9.10. The highest BCUT2D eigenvalue weighted by Gasteiger charge is 2.21. The lowest BCUT2D eigenvalue weighted by Gasteiger charge is -2.30. The molecule has 0 N–H and O–H groups in total. The Balaban J connectivity index is 1.06. The molecule has 0 fully saturated rings. The van der Waals surface area contributed by atoms with Crippen LogP contribution in [-0.4, -0.2) is 0 Å². The number of nitrogens with zero attached hydrogens (tertiary/aromatic N) is 1. The first kappa shape index (κ1) is 34.3. The van der Waals surface area contributed by atoms with Gasteiger partial charge >= 0.3 is 0 Å². The van der Waals surface area contributed by atoms with Crippen molar-refractivity contribution in [1.82, 2.24) is 0 Å². The van der Waals surface area contributed by atoms with Crippen LogP contribution in [0.4, 0.5) is 11.4 Å². The number of fused-ring (bicyclic) bond motifs is 3. The minimum atomic E-state index is 0.226. The fourth-order valence-electron chi connectivity index (χ4n) is 8.55. The smallest absolute Gasteiger partial charge is 0.0461 e. The molecule has 1 aliphatic rings. The fraction of sp³-hybridized carbons (Fsp3) is 0.0357. The summed E-state index contributed by atoms with van der Waals surface area (Å²) in [5.41, 5.74) is 14.5. The van der Waals surface area contributed by atoms with Crippen molar-refractivity contribution >= 4 is 32.9 Å². The monoisotopic (exact) mass is 727 g/mol. The summed E-state index contributed by atoms with van der Waals surface area (Å²) in [6.45, 7) is 0. The summed E-state index contributed by atoms with van der Waals surface area (Å²) in [6.07, 6.45) is 8.08. The third kappa shape index (κ3) is 6.75. The first-order valence-corrected chi connectivity index (χ1v) is 19.9. The zero-order valence-corrected chi connectivity index (χ0v) is 31.7. The molecule has 0 aliphatic heterocycles. The lowest BCUT2D eigenvalue weighted by atomic mass is 9.85. The summed E-state index contributed by atoms with van der Waals surface area (Å²) in [4.78, 5) is 2.42. The largest absolute Gasteiger partial charge is 0.311 e. The van der Waals surface area contributed by atoms with Gasteiger partial charge in [-0.05, 0) is 121 Å². The van der Waals surface area contributed by atoms with Crippen LogP contribution in [0.25, 0.3) is 66.1 Å². The average Bonchev–Trinajstić information content (AvgIpc) is 3.30. The van der Waals surface area contributed by atoms with E-state index in [4.69, 9.17) is 0 Å². The topological polar surface area (TPSA) is 3.24 Å². The Morgan fingerprint density at radius 1 is 0.368 bits per heavy atom. The molecule has 1 heteroatoms. The van der Waals surface area contributed by atoms with E-state index >= 15 is 0 Å². The molecule has 0 heterocycles. The van der Waals surface area contributed by atoms with Crippen molar-refractivity contribution in [2.24, 2.45) is 0 Å². The fourth-order valence-corrected chi connectivity index (χ4v) is 8.55. The Labute approximate surface area is 335 Å². The van der Waals surface area contributed by atoms with Crippen LogP contribution in [0.1, 0.15) is 17.9 Å². The van der Waals surface area contributed by atoms with E-state index in [1.165, 1.54) is 77.3 Å². The molecule has 9 aromatic carbocycles. The summed E-state index contributed by atoms with van der Waals surface area (Å²) in [5, 5.41) is 5.22. The molecule has 0 saturated heterocycles. The number of benzene rings is 9. The Morgan fingerprint density at radius 2 is 0.860 bits per heavy atom. The normalized spacial score (nSPS) is 13.8. The lowest BCUT2D eigenvalue weighted by molar-refractivity contribution is 0.846. The van der Waals surface area contributed by atoms with Crippen molar-refractivity contribution in [2.75, 3.05) is 4.90 Å². The van der Waals surface area contributed by atoms with E-state index in [-0.39, 0.29) is 5.92 Å². The molecule has 0 aromatic heterocycles. The van der Waals surface area contributed by atoms with Crippen LogP contribution >= 0.6 is 0 Å². The zero-order valence-electron chi connectivity index (χ0n) is 31.7. The third-order valence-electron chi connectivity index (χ3n) is 11.4. The van der Waals surface area contributed by atoms with E-state index in [0.29, 0.717) is 0 Å².